The van der Waals surface area contributed by atoms with Crippen LogP contribution in [-0.2, 0) is 11.3 Å². The van der Waals surface area contributed by atoms with Crippen molar-refractivity contribution in [3.63, 3.8) is 0 Å². The van der Waals surface area contributed by atoms with E-state index in [0.717, 1.165) is 24.5 Å². The minimum atomic E-state index is 0.313. The van der Waals surface area contributed by atoms with E-state index >= 15 is 0 Å². The van der Waals surface area contributed by atoms with E-state index in [1.54, 1.807) is 0 Å². The second-order valence-corrected chi connectivity index (χ2v) is 11.3. The molecule has 4 nitrogen and oxygen atoms in total. The maximum Gasteiger partial charge on any atom is 0.224 e. The van der Waals surface area contributed by atoms with Crippen molar-refractivity contribution in [3.8, 4) is 0 Å². The summed E-state index contributed by atoms with van der Waals surface area (Å²) in [5.74, 6) is 2.90. The Hall–Kier alpha value is -2.36. The molecule has 0 spiro atoms. The minimum absolute atomic E-state index is 0.313. The number of nitrogens with zero attached hydrogens (tertiary/aromatic N) is 3. The van der Waals surface area contributed by atoms with Gasteiger partial charge in [-0.25, -0.2) is 4.98 Å². The van der Waals surface area contributed by atoms with Gasteiger partial charge in [0.05, 0.1) is 11.0 Å². The van der Waals surface area contributed by atoms with Gasteiger partial charge >= 0.3 is 0 Å². The number of amides is 1. The molecule has 0 saturated heterocycles. The van der Waals surface area contributed by atoms with Crippen LogP contribution in [0, 0.1) is 5.92 Å². The minimum Gasteiger partial charge on any atom is -0.340 e. The maximum atomic E-state index is 13.5. The summed E-state index contributed by atoms with van der Waals surface area (Å²) in [5.41, 5.74) is 4.69. The summed E-state index contributed by atoms with van der Waals surface area (Å²) in [7, 11) is 0. The molecule has 4 heteroatoms. The number of hydrogen-bond acceptors (Lipinski definition) is 2. The second kappa shape index (κ2) is 13.4. The number of rotatable bonds is 10. The first kappa shape index (κ1) is 27.7. The highest BCUT2D eigenvalue weighted by Gasteiger charge is 2.28. The van der Waals surface area contributed by atoms with Crippen LogP contribution in [0.1, 0.15) is 122 Å². The van der Waals surface area contributed by atoms with Gasteiger partial charge in [0.15, 0.2) is 0 Å². The van der Waals surface area contributed by atoms with Gasteiger partial charge in [-0.05, 0) is 88.5 Å². The van der Waals surface area contributed by atoms with Crippen LogP contribution in [0.25, 0.3) is 16.6 Å². The number of fused-ring (bicyclic) bond motifs is 1. The number of aromatic nitrogens is 2. The predicted molar refractivity (Wildman–Crippen MR) is 157 cm³/mol. The fourth-order valence-electron chi connectivity index (χ4n) is 6.91. The first-order chi connectivity index (χ1) is 18.1. The fourth-order valence-corrected chi connectivity index (χ4v) is 6.91. The van der Waals surface area contributed by atoms with Gasteiger partial charge in [0.1, 0.15) is 5.82 Å². The molecule has 202 valence electrons. The number of benzene rings is 1. The lowest BCUT2D eigenvalue weighted by atomic mass is 9.79. The molecule has 0 unspecified atom stereocenters. The van der Waals surface area contributed by atoms with Gasteiger partial charge in [-0.2, -0.15) is 0 Å². The van der Waals surface area contributed by atoms with E-state index in [2.05, 4.69) is 73.6 Å². The molecule has 2 saturated carbocycles. The Kier molecular flexibility index (Phi) is 10.1. The van der Waals surface area contributed by atoms with E-state index in [9.17, 15) is 4.79 Å². The van der Waals surface area contributed by atoms with Crippen molar-refractivity contribution in [1.29, 1.82) is 0 Å². The third-order valence-electron chi connectivity index (χ3n) is 8.90. The molecule has 0 radical (unpaired) electrons. The van der Waals surface area contributed by atoms with Gasteiger partial charge in [-0.3, -0.25) is 4.79 Å². The molecular weight excluding hydrogens is 454 g/mol. The summed E-state index contributed by atoms with van der Waals surface area (Å²) in [6.45, 7) is 10.2. The third kappa shape index (κ3) is 6.56. The number of aryl methyl sites for hydroxylation is 1. The van der Waals surface area contributed by atoms with E-state index in [1.165, 1.54) is 93.1 Å². The van der Waals surface area contributed by atoms with E-state index in [1.807, 2.05) is 0 Å². The van der Waals surface area contributed by atoms with Crippen molar-refractivity contribution in [2.45, 2.75) is 123 Å². The van der Waals surface area contributed by atoms with E-state index in [-0.39, 0.29) is 0 Å². The van der Waals surface area contributed by atoms with Crippen molar-refractivity contribution in [2.24, 2.45) is 5.92 Å². The van der Waals surface area contributed by atoms with Crippen LogP contribution in [-0.4, -0.2) is 32.9 Å². The molecular formula is C33H49N3O. The van der Waals surface area contributed by atoms with Gasteiger partial charge in [0.2, 0.25) is 5.91 Å². The molecule has 4 rings (SSSR count). The Morgan fingerprint density at radius 2 is 1.81 bits per heavy atom. The summed E-state index contributed by atoms with van der Waals surface area (Å²) in [4.78, 5) is 20.9. The fraction of sp³-hybridized carbons (Fsp3) is 0.636. The lowest BCUT2D eigenvalue weighted by molar-refractivity contribution is -0.134. The monoisotopic (exact) mass is 503 g/mol. The zero-order valence-electron chi connectivity index (χ0n) is 23.8. The number of imidazole rings is 1. The summed E-state index contributed by atoms with van der Waals surface area (Å²) in [6, 6.07) is 7.11. The molecule has 0 atom stereocenters. The van der Waals surface area contributed by atoms with E-state index in [4.69, 9.17) is 4.98 Å². The van der Waals surface area contributed by atoms with Gasteiger partial charge in [-0.15, -0.1) is 0 Å². The highest BCUT2D eigenvalue weighted by Crippen LogP contribution is 2.38. The van der Waals surface area contributed by atoms with Crippen LogP contribution in [0.5, 0.6) is 0 Å². The standard InChI is InChI=1S/C33H49N3O/c1-5-12-25-16-18-27(19-17-25)33-34-30-21-20-28(26(7-3)13-6-2)24-31(30)36(33)23-22-32(37)35(8-4)29-14-10-9-11-15-29/h6-7,13,20-21,24-25,27,29H,5,8-12,14-19,22-23H2,1-4H3/b13-6-,26-7+. The van der Waals surface area contributed by atoms with E-state index in [0.29, 0.717) is 24.3 Å². The second-order valence-electron chi connectivity index (χ2n) is 11.3. The SMILES string of the molecule is C/C=C\C(=C/C)c1ccc2nc(C3CCC(CCC)CC3)n(CCC(=O)N(CC)C3CCCCC3)c2c1. The average molecular weight is 504 g/mol. The first-order valence-corrected chi connectivity index (χ1v) is 15.2. The van der Waals surface area contributed by atoms with Gasteiger partial charge < -0.3 is 9.47 Å². The molecule has 1 aromatic heterocycles. The van der Waals surface area contributed by atoms with Crippen LogP contribution < -0.4 is 0 Å². The Balaban J connectivity index is 1.62. The molecule has 1 heterocycles. The summed E-state index contributed by atoms with van der Waals surface area (Å²) in [5, 5.41) is 0. The van der Waals surface area contributed by atoms with Crippen molar-refractivity contribution in [3.05, 3.63) is 47.8 Å². The summed E-state index contributed by atoms with van der Waals surface area (Å²) in [6.07, 6.45) is 20.9. The zero-order chi connectivity index (χ0) is 26.2. The summed E-state index contributed by atoms with van der Waals surface area (Å²) >= 11 is 0. The van der Waals surface area contributed by atoms with Crippen LogP contribution in [0.15, 0.2) is 36.4 Å². The Morgan fingerprint density at radius 1 is 1.05 bits per heavy atom. The van der Waals surface area contributed by atoms with Crippen LogP contribution in [0.4, 0.5) is 0 Å². The molecule has 1 amide bonds. The van der Waals surface area contributed by atoms with Gasteiger partial charge in [-0.1, -0.05) is 63.3 Å². The van der Waals surface area contributed by atoms with Crippen LogP contribution in [0.2, 0.25) is 0 Å². The molecule has 0 N–H and O–H groups in total. The topological polar surface area (TPSA) is 38.1 Å². The number of allylic oxidation sites excluding steroid dienone is 4. The molecule has 2 aliphatic carbocycles. The predicted octanol–water partition coefficient (Wildman–Crippen LogP) is 8.66. The largest absolute Gasteiger partial charge is 0.340 e. The average Bonchev–Trinajstić information content (AvgIpc) is 3.30. The number of hydrogen-bond donors (Lipinski definition) is 0. The quantitative estimate of drug-likeness (QED) is 0.304. The first-order valence-electron chi connectivity index (χ1n) is 15.2. The Bertz CT molecular complexity index is 1080. The normalized spacial score (nSPS) is 21.7. The van der Waals surface area contributed by atoms with E-state index < -0.39 is 0 Å². The van der Waals surface area contributed by atoms with Crippen molar-refractivity contribution in [1.82, 2.24) is 14.5 Å². The maximum absolute atomic E-state index is 13.5. The van der Waals surface area contributed by atoms with Gasteiger partial charge in [0, 0.05) is 31.5 Å². The zero-order valence-corrected chi connectivity index (χ0v) is 23.8. The van der Waals surface area contributed by atoms with Crippen molar-refractivity contribution in [2.75, 3.05) is 6.54 Å². The Labute approximate surface area is 225 Å². The molecule has 0 aliphatic heterocycles. The van der Waals surface area contributed by atoms with Gasteiger partial charge in [0.25, 0.3) is 0 Å². The molecule has 0 bridgehead atoms. The van der Waals surface area contributed by atoms with Crippen LogP contribution >= 0.6 is 0 Å². The molecule has 37 heavy (non-hydrogen) atoms. The Morgan fingerprint density at radius 3 is 2.46 bits per heavy atom. The number of carbonyl (C=O) groups excluding carboxylic acids is 1. The van der Waals surface area contributed by atoms with Crippen molar-refractivity contribution >= 4 is 22.5 Å². The lowest BCUT2D eigenvalue weighted by Crippen LogP contribution is -2.41. The summed E-state index contributed by atoms with van der Waals surface area (Å²) < 4.78 is 2.42. The van der Waals surface area contributed by atoms with Crippen LogP contribution in [0.3, 0.4) is 0 Å². The highest BCUT2D eigenvalue weighted by atomic mass is 16.2. The molecule has 1 aromatic carbocycles. The third-order valence-corrected chi connectivity index (χ3v) is 8.90. The molecule has 2 fully saturated rings. The highest BCUT2D eigenvalue weighted by molar-refractivity contribution is 5.84. The molecule has 2 aromatic rings. The lowest BCUT2D eigenvalue weighted by Gasteiger charge is -2.34. The molecule has 2 aliphatic rings. The number of carbonyl (C=O) groups is 1. The smallest absolute Gasteiger partial charge is 0.224 e. The van der Waals surface area contributed by atoms with Crippen molar-refractivity contribution < 1.29 is 4.79 Å².